The van der Waals surface area contributed by atoms with Gasteiger partial charge in [0.1, 0.15) is 24.7 Å². The van der Waals surface area contributed by atoms with E-state index in [-0.39, 0.29) is 11.8 Å². The van der Waals surface area contributed by atoms with Crippen molar-refractivity contribution in [2.75, 3.05) is 68.0 Å². The molecule has 11 heteroatoms. The first kappa shape index (κ1) is 30.6. The maximum absolute atomic E-state index is 12.6. The van der Waals surface area contributed by atoms with Crippen LogP contribution >= 0.6 is 0 Å². The van der Waals surface area contributed by atoms with Crippen LogP contribution in [0.25, 0.3) is 11.3 Å². The summed E-state index contributed by atoms with van der Waals surface area (Å²) in [6.07, 6.45) is 1.91. The summed E-state index contributed by atoms with van der Waals surface area (Å²) in [5.74, 6) is 1.46. The molecule has 7 rings (SSSR count). The van der Waals surface area contributed by atoms with Crippen LogP contribution in [-0.2, 0) is 11.3 Å². The number of rotatable bonds is 9. The smallest absolute Gasteiger partial charge is 0.410 e. The van der Waals surface area contributed by atoms with Gasteiger partial charge in [0, 0.05) is 63.5 Å². The van der Waals surface area contributed by atoms with E-state index in [1.807, 2.05) is 54.6 Å². The van der Waals surface area contributed by atoms with E-state index in [0.717, 1.165) is 68.3 Å². The van der Waals surface area contributed by atoms with Crippen LogP contribution in [0.1, 0.15) is 18.4 Å². The lowest BCUT2D eigenvalue weighted by molar-refractivity contribution is 0.0684. The number of fused-ring (bicyclic) bond motifs is 2. The number of piperazine rings is 2. The minimum atomic E-state index is -0.257. The Morgan fingerprint density at radius 2 is 1.55 bits per heavy atom. The van der Waals surface area contributed by atoms with E-state index >= 15 is 0 Å². The van der Waals surface area contributed by atoms with Crippen LogP contribution in [0.5, 0.6) is 11.5 Å². The van der Waals surface area contributed by atoms with Crippen molar-refractivity contribution in [2.45, 2.75) is 31.5 Å². The van der Waals surface area contributed by atoms with Crippen molar-refractivity contribution in [1.82, 2.24) is 20.0 Å². The SMILES string of the molecule is Nc1nnc(-c2ccccc2O)cc1N1C[C@H]2CC[C@@H](C1)N2c1ccccc1OCCN1CCN(C(=O)OCc2ccccc2)CC1. The van der Waals surface area contributed by atoms with Gasteiger partial charge in [0.25, 0.3) is 0 Å². The Morgan fingerprint density at radius 1 is 0.851 bits per heavy atom. The molecule has 11 nitrogen and oxygen atoms in total. The second kappa shape index (κ2) is 13.8. The van der Waals surface area contributed by atoms with Gasteiger partial charge >= 0.3 is 6.09 Å². The molecule has 47 heavy (non-hydrogen) atoms. The molecule has 2 atom stereocenters. The molecule has 0 spiro atoms. The second-order valence-corrected chi connectivity index (χ2v) is 12.4. The van der Waals surface area contributed by atoms with Crippen molar-refractivity contribution in [3.05, 3.63) is 90.5 Å². The quantitative estimate of drug-likeness (QED) is 0.270. The molecule has 0 radical (unpaired) electrons. The summed E-state index contributed by atoms with van der Waals surface area (Å²) in [6.45, 7) is 6.12. The monoisotopic (exact) mass is 635 g/mol. The molecule has 3 aliphatic heterocycles. The number of nitrogens with zero attached hydrogens (tertiary/aromatic N) is 6. The molecule has 0 unspecified atom stereocenters. The van der Waals surface area contributed by atoms with Gasteiger partial charge in [0.15, 0.2) is 5.82 Å². The normalized spacial score (nSPS) is 19.5. The fraction of sp³-hybridized carbons (Fsp3) is 0.361. The van der Waals surface area contributed by atoms with Crippen molar-refractivity contribution < 1.29 is 19.4 Å². The lowest BCUT2D eigenvalue weighted by atomic mass is 10.1. The largest absolute Gasteiger partial charge is 0.507 e. The van der Waals surface area contributed by atoms with Crippen LogP contribution in [0.3, 0.4) is 0 Å². The molecule has 244 valence electrons. The number of amides is 1. The summed E-state index contributed by atoms with van der Waals surface area (Å²) in [6, 6.07) is 27.8. The Hall–Kier alpha value is -5.03. The number of benzene rings is 3. The number of carbonyl (C=O) groups excluding carboxylic acids is 1. The fourth-order valence-corrected chi connectivity index (χ4v) is 7.00. The van der Waals surface area contributed by atoms with E-state index in [9.17, 15) is 9.90 Å². The zero-order valence-electron chi connectivity index (χ0n) is 26.4. The number of para-hydroxylation sites is 3. The minimum Gasteiger partial charge on any atom is -0.507 e. The van der Waals surface area contributed by atoms with E-state index < -0.39 is 0 Å². The van der Waals surface area contributed by atoms with Gasteiger partial charge in [-0.2, -0.15) is 0 Å². The molecule has 0 aliphatic carbocycles. The third-order valence-electron chi connectivity index (χ3n) is 9.45. The first-order valence-corrected chi connectivity index (χ1v) is 16.4. The average Bonchev–Trinajstić information content (AvgIpc) is 3.37. The third kappa shape index (κ3) is 6.76. The number of aromatic nitrogens is 2. The first-order chi connectivity index (χ1) is 23.0. The van der Waals surface area contributed by atoms with Crippen molar-refractivity contribution >= 4 is 23.3 Å². The number of carbonyl (C=O) groups is 1. The van der Waals surface area contributed by atoms with Crippen molar-refractivity contribution in [3.63, 3.8) is 0 Å². The fourth-order valence-electron chi connectivity index (χ4n) is 7.00. The van der Waals surface area contributed by atoms with Crippen LogP contribution in [-0.4, -0.2) is 95.7 Å². The Morgan fingerprint density at radius 3 is 2.32 bits per heavy atom. The number of phenols is 1. The molecule has 0 saturated carbocycles. The van der Waals surface area contributed by atoms with E-state index in [1.54, 1.807) is 17.0 Å². The van der Waals surface area contributed by atoms with Gasteiger partial charge in [0.2, 0.25) is 0 Å². The molecule has 3 fully saturated rings. The molecule has 3 aromatic carbocycles. The molecule has 3 saturated heterocycles. The summed E-state index contributed by atoms with van der Waals surface area (Å²) in [5.41, 5.74) is 10.6. The highest BCUT2D eigenvalue weighted by Crippen LogP contribution is 2.42. The van der Waals surface area contributed by atoms with Crippen molar-refractivity contribution in [2.24, 2.45) is 0 Å². The van der Waals surface area contributed by atoms with Gasteiger partial charge < -0.3 is 35.0 Å². The maximum Gasteiger partial charge on any atom is 0.410 e. The molecular formula is C36H41N7O4. The molecule has 4 aromatic rings. The molecule has 2 bridgehead atoms. The molecule has 3 N–H and O–H groups in total. The van der Waals surface area contributed by atoms with Crippen LogP contribution in [0, 0.1) is 0 Å². The summed E-state index contributed by atoms with van der Waals surface area (Å²) < 4.78 is 11.9. The van der Waals surface area contributed by atoms with Crippen LogP contribution in [0.15, 0.2) is 84.9 Å². The summed E-state index contributed by atoms with van der Waals surface area (Å²) in [5, 5.41) is 18.9. The highest BCUT2D eigenvalue weighted by molar-refractivity contribution is 5.75. The van der Waals surface area contributed by atoms with Crippen LogP contribution in [0.2, 0.25) is 0 Å². The van der Waals surface area contributed by atoms with Crippen LogP contribution in [0.4, 0.5) is 22.0 Å². The highest BCUT2D eigenvalue weighted by atomic mass is 16.6. The lowest BCUT2D eigenvalue weighted by Crippen LogP contribution is -2.54. The predicted octanol–water partition coefficient (Wildman–Crippen LogP) is 4.62. The molecule has 3 aliphatic rings. The summed E-state index contributed by atoms with van der Waals surface area (Å²) >= 11 is 0. The summed E-state index contributed by atoms with van der Waals surface area (Å²) in [7, 11) is 0. The standard InChI is InChI=1S/C36H41N7O4/c37-35-32(22-30(38-39-35)29-10-4-6-12-33(29)44)42-23-27-14-15-28(24-42)43(27)31-11-5-7-13-34(31)46-21-20-40-16-18-41(19-17-40)36(45)47-25-26-8-2-1-3-9-26/h1-13,22,27-28,44H,14-21,23-25H2,(H2,37,39)/t27-,28+. The third-order valence-corrected chi connectivity index (χ3v) is 9.45. The van der Waals surface area contributed by atoms with Gasteiger partial charge in [-0.1, -0.05) is 54.6 Å². The Kier molecular flexibility index (Phi) is 8.96. The van der Waals surface area contributed by atoms with E-state index in [4.69, 9.17) is 15.2 Å². The Bertz CT molecular complexity index is 1670. The van der Waals surface area contributed by atoms with E-state index in [2.05, 4.69) is 43.1 Å². The Balaban J connectivity index is 0.937. The zero-order chi connectivity index (χ0) is 32.2. The minimum absolute atomic E-state index is 0.167. The second-order valence-electron chi connectivity index (χ2n) is 12.4. The first-order valence-electron chi connectivity index (χ1n) is 16.4. The number of hydrogen-bond acceptors (Lipinski definition) is 10. The van der Waals surface area contributed by atoms with Gasteiger partial charge in [-0.15, -0.1) is 10.2 Å². The topological polar surface area (TPSA) is 121 Å². The van der Waals surface area contributed by atoms with Crippen molar-refractivity contribution in [1.29, 1.82) is 0 Å². The molecular weight excluding hydrogens is 594 g/mol. The predicted molar refractivity (Wildman–Crippen MR) is 182 cm³/mol. The van der Waals surface area contributed by atoms with Crippen molar-refractivity contribution in [3.8, 4) is 22.8 Å². The highest BCUT2D eigenvalue weighted by Gasteiger charge is 2.41. The number of hydrogen-bond donors (Lipinski definition) is 2. The van der Waals surface area contributed by atoms with Crippen LogP contribution < -0.4 is 20.3 Å². The number of aromatic hydroxyl groups is 1. The number of anilines is 3. The number of nitrogen functional groups attached to an aromatic ring is 1. The lowest BCUT2D eigenvalue weighted by Gasteiger charge is -2.44. The molecule has 1 amide bonds. The van der Waals surface area contributed by atoms with Gasteiger partial charge in [-0.25, -0.2) is 4.79 Å². The molecule has 4 heterocycles. The maximum atomic E-state index is 12.6. The Labute approximate surface area is 275 Å². The number of nitrogens with two attached hydrogens (primary N) is 1. The van der Waals surface area contributed by atoms with E-state index in [0.29, 0.717) is 55.5 Å². The number of phenolic OH excluding ortho intramolecular Hbond substituents is 1. The zero-order valence-corrected chi connectivity index (χ0v) is 26.4. The van der Waals surface area contributed by atoms with E-state index in [1.165, 1.54) is 0 Å². The average molecular weight is 636 g/mol. The molecule has 1 aromatic heterocycles. The van der Waals surface area contributed by atoms with Gasteiger partial charge in [-0.3, -0.25) is 4.90 Å². The summed E-state index contributed by atoms with van der Waals surface area (Å²) in [4.78, 5) is 21.5. The van der Waals surface area contributed by atoms with Gasteiger partial charge in [-0.05, 0) is 48.7 Å². The number of ether oxygens (including phenoxy) is 2. The van der Waals surface area contributed by atoms with Gasteiger partial charge in [0.05, 0.1) is 17.1 Å².